The van der Waals surface area contributed by atoms with E-state index in [1.54, 1.807) is 12.1 Å². The van der Waals surface area contributed by atoms with Crippen molar-refractivity contribution >= 4 is 17.6 Å². The van der Waals surface area contributed by atoms with Gasteiger partial charge in [-0.05, 0) is 29.7 Å². The van der Waals surface area contributed by atoms with Crippen molar-refractivity contribution in [1.29, 1.82) is 0 Å². The Bertz CT molecular complexity index is 572. The minimum Gasteiger partial charge on any atom is -0.460 e. The summed E-state index contributed by atoms with van der Waals surface area (Å²) in [5.74, 6) is -0.408. The van der Waals surface area contributed by atoms with Gasteiger partial charge in [0, 0.05) is 5.02 Å². The number of nitrogens with two attached hydrogens (primary N) is 1. The van der Waals surface area contributed by atoms with E-state index in [0.29, 0.717) is 11.4 Å². The smallest absolute Gasteiger partial charge is 0.323 e. The zero-order chi connectivity index (χ0) is 14.4. The van der Waals surface area contributed by atoms with E-state index < -0.39 is 12.0 Å². The van der Waals surface area contributed by atoms with E-state index in [4.69, 9.17) is 22.1 Å². The first-order chi connectivity index (χ1) is 9.65. The van der Waals surface area contributed by atoms with Gasteiger partial charge in [0.1, 0.15) is 12.6 Å². The maximum Gasteiger partial charge on any atom is 0.323 e. The van der Waals surface area contributed by atoms with Crippen LogP contribution in [0.2, 0.25) is 5.02 Å². The molecule has 0 aromatic heterocycles. The number of hydrogen-bond donors (Lipinski definition) is 1. The Morgan fingerprint density at radius 2 is 1.80 bits per heavy atom. The highest BCUT2D eigenvalue weighted by molar-refractivity contribution is 6.30. The molecule has 104 valence electrons. The monoisotopic (exact) mass is 289 g/mol. The Morgan fingerprint density at radius 3 is 2.50 bits per heavy atom. The van der Waals surface area contributed by atoms with Crippen LogP contribution < -0.4 is 5.73 Å². The van der Waals surface area contributed by atoms with Crippen molar-refractivity contribution in [2.75, 3.05) is 0 Å². The summed E-state index contributed by atoms with van der Waals surface area (Å²) < 4.78 is 5.20. The normalized spacial score (nSPS) is 11.9. The van der Waals surface area contributed by atoms with Crippen molar-refractivity contribution in [3.8, 4) is 0 Å². The molecule has 2 aromatic rings. The number of halogens is 1. The number of carbonyl (C=O) groups excluding carboxylic acids is 1. The van der Waals surface area contributed by atoms with E-state index in [0.717, 1.165) is 11.1 Å². The van der Waals surface area contributed by atoms with Crippen LogP contribution in [-0.2, 0) is 22.6 Å². The van der Waals surface area contributed by atoms with Crippen LogP contribution in [-0.4, -0.2) is 12.0 Å². The molecule has 0 heterocycles. The predicted molar refractivity (Wildman–Crippen MR) is 79.4 cm³/mol. The van der Waals surface area contributed by atoms with Gasteiger partial charge in [-0.25, -0.2) is 0 Å². The average Bonchev–Trinajstić information content (AvgIpc) is 2.46. The zero-order valence-corrected chi connectivity index (χ0v) is 11.7. The fourth-order valence-electron chi connectivity index (χ4n) is 1.84. The minimum atomic E-state index is -0.683. The molecule has 0 aliphatic rings. The minimum absolute atomic E-state index is 0.239. The van der Waals surface area contributed by atoms with Crippen LogP contribution in [0.5, 0.6) is 0 Å². The van der Waals surface area contributed by atoms with Crippen LogP contribution in [0.4, 0.5) is 0 Å². The highest BCUT2D eigenvalue weighted by Gasteiger charge is 2.15. The second-order valence-electron chi connectivity index (χ2n) is 4.53. The summed E-state index contributed by atoms with van der Waals surface area (Å²) in [6.45, 7) is 0.239. The molecule has 2 rings (SSSR count). The van der Waals surface area contributed by atoms with Crippen molar-refractivity contribution in [2.24, 2.45) is 5.73 Å². The molecule has 0 spiro atoms. The number of ether oxygens (including phenoxy) is 1. The van der Waals surface area contributed by atoms with Crippen LogP contribution in [0.25, 0.3) is 0 Å². The van der Waals surface area contributed by atoms with Gasteiger partial charge in [-0.2, -0.15) is 0 Å². The van der Waals surface area contributed by atoms with Crippen LogP contribution in [0.15, 0.2) is 54.6 Å². The van der Waals surface area contributed by atoms with Gasteiger partial charge in [0.15, 0.2) is 0 Å². The van der Waals surface area contributed by atoms with Gasteiger partial charge >= 0.3 is 5.97 Å². The molecule has 0 radical (unpaired) electrons. The quantitative estimate of drug-likeness (QED) is 0.861. The van der Waals surface area contributed by atoms with Gasteiger partial charge in [-0.3, -0.25) is 4.79 Å². The summed E-state index contributed by atoms with van der Waals surface area (Å²) in [6, 6.07) is 16.1. The molecule has 0 saturated carbocycles. The first-order valence-electron chi connectivity index (χ1n) is 6.36. The SMILES string of the molecule is NC(Cc1cccc(Cl)c1)C(=O)OCc1ccccc1. The maximum absolute atomic E-state index is 11.8. The van der Waals surface area contributed by atoms with Crippen LogP contribution >= 0.6 is 11.6 Å². The highest BCUT2D eigenvalue weighted by atomic mass is 35.5. The first-order valence-corrected chi connectivity index (χ1v) is 6.73. The summed E-state index contributed by atoms with van der Waals surface area (Å²) in [6.07, 6.45) is 0.411. The number of rotatable bonds is 5. The standard InChI is InChI=1S/C16H16ClNO2/c17-14-8-4-7-13(9-14)10-15(18)16(19)20-11-12-5-2-1-3-6-12/h1-9,15H,10-11,18H2. The number of benzene rings is 2. The van der Waals surface area contributed by atoms with Crippen molar-refractivity contribution in [3.05, 3.63) is 70.7 Å². The third-order valence-electron chi connectivity index (χ3n) is 2.87. The lowest BCUT2D eigenvalue weighted by atomic mass is 10.1. The van der Waals surface area contributed by atoms with E-state index >= 15 is 0 Å². The van der Waals surface area contributed by atoms with Crippen molar-refractivity contribution in [3.63, 3.8) is 0 Å². The van der Waals surface area contributed by atoms with Crippen molar-refractivity contribution in [1.82, 2.24) is 0 Å². The molecule has 0 amide bonds. The Kier molecular flexibility index (Phi) is 5.16. The first kappa shape index (κ1) is 14.6. The zero-order valence-electron chi connectivity index (χ0n) is 11.0. The van der Waals surface area contributed by atoms with Gasteiger partial charge in [0.05, 0.1) is 0 Å². The molecule has 1 unspecified atom stereocenters. The predicted octanol–water partition coefficient (Wildman–Crippen LogP) is 2.95. The van der Waals surface area contributed by atoms with Crippen molar-refractivity contribution < 1.29 is 9.53 Å². The Balaban J connectivity index is 1.86. The Morgan fingerprint density at radius 1 is 1.10 bits per heavy atom. The highest BCUT2D eigenvalue weighted by Crippen LogP contribution is 2.12. The Labute approximate surface area is 123 Å². The summed E-state index contributed by atoms with van der Waals surface area (Å²) in [4.78, 5) is 11.8. The molecule has 2 N–H and O–H groups in total. The summed E-state index contributed by atoms with van der Waals surface area (Å²) in [5.41, 5.74) is 7.70. The largest absolute Gasteiger partial charge is 0.460 e. The topological polar surface area (TPSA) is 52.3 Å². The molecule has 0 aliphatic heterocycles. The lowest BCUT2D eigenvalue weighted by Gasteiger charge is -2.12. The second-order valence-corrected chi connectivity index (χ2v) is 4.97. The summed E-state index contributed by atoms with van der Waals surface area (Å²) in [5, 5.41) is 0.632. The molecule has 0 aliphatic carbocycles. The molecule has 20 heavy (non-hydrogen) atoms. The lowest BCUT2D eigenvalue weighted by Crippen LogP contribution is -2.34. The molecule has 2 aromatic carbocycles. The average molecular weight is 290 g/mol. The van der Waals surface area contributed by atoms with E-state index in [1.165, 1.54) is 0 Å². The molecular formula is C16H16ClNO2. The van der Waals surface area contributed by atoms with E-state index in [2.05, 4.69) is 0 Å². The van der Waals surface area contributed by atoms with Gasteiger partial charge in [-0.15, -0.1) is 0 Å². The second kappa shape index (κ2) is 7.08. The van der Waals surface area contributed by atoms with Crippen LogP contribution in [0, 0.1) is 0 Å². The van der Waals surface area contributed by atoms with Gasteiger partial charge in [-0.1, -0.05) is 54.1 Å². The maximum atomic E-state index is 11.8. The van der Waals surface area contributed by atoms with Crippen molar-refractivity contribution in [2.45, 2.75) is 19.1 Å². The number of hydrogen-bond acceptors (Lipinski definition) is 3. The fourth-order valence-corrected chi connectivity index (χ4v) is 2.05. The molecular weight excluding hydrogens is 274 g/mol. The van der Waals surface area contributed by atoms with Gasteiger partial charge < -0.3 is 10.5 Å². The third-order valence-corrected chi connectivity index (χ3v) is 3.11. The third kappa shape index (κ3) is 4.37. The molecule has 4 heteroatoms. The van der Waals surface area contributed by atoms with E-state index in [-0.39, 0.29) is 6.61 Å². The molecule has 0 saturated heterocycles. The van der Waals surface area contributed by atoms with Crippen LogP contribution in [0.3, 0.4) is 0 Å². The molecule has 3 nitrogen and oxygen atoms in total. The molecule has 0 fully saturated rings. The van der Waals surface area contributed by atoms with E-state index in [9.17, 15) is 4.79 Å². The molecule has 1 atom stereocenters. The Hall–Kier alpha value is -1.84. The van der Waals surface area contributed by atoms with Gasteiger partial charge in [0.2, 0.25) is 0 Å². The fraction of sp³-hybridized carbons (Fsp3) is 0.188. The van der Waals surface area contributed by atoms with Crippen LogP contribution in [0.1, 0.15) is 11.1 Å². The lowest BCUT2D eigenvalue weighted by molar-refractivity contribution is -0.146. The number of carbonyl (C=O) groups is 1. The van der Waals surface area contributed by atoms with E-state index in [1.807, 2.05) is 42.5 Å². The number of esters is 1. The van der Waals surface area contributed by atoms with Gasteiger partial charge in [0.25, 0.3) is 0 Å². The summed E-state index contributed by atoms with van der Waals surface area (Å²) in [7, 11) is 0. The summed E-state index contributed by atoms with van der Waals surface area (Å²) >= 11 is 5.89. The molecule has 0 bridgehead atoms.